The second kappa shape index (κ2) is 2.72. The van der Waals surface area contributed by atoms with Crippen LogP contribution in [0.5, 0.6) is 0 Å². The maximum atomic E-state index is 11.8. The van der Waals surface area contributed by atoms with Crippen molar-refractivity contribution >= 4 is 5.91 Å². The second-order valence-electron chi connectivity index (χ2n) is 5.40. The van der Waals surface area contributed by atoms with Gasteiger partial charge >= 0.3 is 0 Å². The van der Waals surface area contributed by atoms with Crippen molar-refractivity contribution in [2.24, 2.45) is 16.7 Å². The highest BCUT2D eigenvalue weighted by Gasteiger charge is 2.64. The molecule has 2 N–H and O–H groups in total. The molecule has 3 atom stereocenters. The molecule has 2 aliphatic rings. The minimum Gasteiger partial charge on any atom is -0.391 e. The van der Waals surface area contributed by atoms with Gasteiger partial charge in [0, 0.05) is 7.05 Å². The number of nitrogens with one attached hydrogen (secondary N) is 1. The molecule has 14 heavy (non-hydrogen) atoms. The van der Waals surface area contributed by atoms with Crippen LogP contribution in [0.2, 0.25) is 0 Å². The lowest BCUT2D eigenvalue weighted by Gasteiger charge is -2.39. The number of hydrogen-bond acceptors (Lipinski definition) is 2. The van der Waals surface area contributed by atoms with Crippen LogP contribution < -0.4 is 5.32 Å². The molecular formula is C11H19NO2. The molecule has 0 saturated heterocycles. The number of rotatable bonds is 1. The van der Waals surface area contributed by atoms with Crippen molar-refractivity contribution in [3.8, 4) is 0 Å². The van der Waals surface area contributed by atoms with Gasteiger partial charge in [-0.15, -0.1) is 0 Å². The lowest BCUT2D eigenvalue weighted by atomic mass is 9.69. The van der Waals surface area contributed by atoms with Crippen LogP contribution in [0.4, 0.5) is 0 Å². The van der Waals surface area contributed by atoms with E-state index in [0.717, 1.165) is 19.3 Å². The summed E-state index contributed by atoms with van der Waals surface area (Å²) in [7, 11) is 1.66. The molecule has 2 fully saturated rings. The third-order valence-electron chi connectivity index (χ3n) is 4.51. The van der Waals surface area contributed by atoms with Crippen LogP contribution in [0.3, 0.4) is 0 Å². The summed E-state index contributed by atoms with van der Waals surface area (Å²) in [5.74, 6) is 0.535. The number of hydrogen-bond donors (Lipinski definition) is 2. The van der Waals surface area contributed by atoms with Crippen molar-refractivity contribution in [1.82, 2.24) is 5.32 Å². The van der Waals surface area contributed by atoms with Gasteiger partial charge in [0.25, 0.3) is 0 Å². The van der Waals surface area contributed by atoms with Crippen molar-refractivity contribution in [3.05, 3.63) is 0 Å². The summed E-state index contributed by atoms with van der Waals surface area (Å²) in [4.78, 5) is 11.8. The van der Waals surface area contributed by atoms with E-state index in [-0.39, 0.29) is 11.3 Å². The van der Waals surface area contributed by atoms with Crippen LogP contribution in [-0.4, -0.2) is 24.2 Å². The minimum absolute atomic E-state index is 0.0260. The van der Waals surface area contributed by atoms with Crippen molar-refractivity contribution in [1.29, 1.82) is 0 Å². The zero-order chi connectivity index (χ0) is 10.6. The highest BCUT2D eigenvalue weighted by Crippen LogP contribution is 2.62. The quantitative estimate of drug-likeness (QED) is 0.656. The Hall–Kier alpha value is -0.570. The Morgan fingerprint density at radius 2 is 2.14 bits per heavy atom. The van der Waals surface area contributed by atoms with Crippen molar-refractivity contribution in [2.45, 2.75) is 39.2 Å². The maximum Gasteiger partial charge on any atom is 0.228 e. The lowest BCUT2D eigenvalue weighted by molar-refractivity contribution is -0.140. The maximum absolute atomic E-state index is 11.8. The second-order valence-corrected chi connectivity index (χ2v) is 5.40. The van der Waals surface area contributed by atoms with Gasteiger partial charge in [-0.2, -0.15) is 0 Å². The molecule has 3 nitrogen and oxygen atoms in total. The Morgan fingerprint density at radius 3 is 2.57 bits per heavy atom. The molecule has 0 aromatic heterocycles. The summed E-state index contributed by atoms with van der Waals surface area (Å²) in [5, 5.41) is 12.9. The average Bonchev–Trinajstić information content (AvgIpc) is 2.66. The zero-order valence-corrected chi connectivity index (χ0v) is 9.13. The van der Waals surface area contributed by atoms with Gasteiger partial charge in [-0.05, 0) is 30.6 Å². The molecule has 0 unspecified atom stereocenters. The van der Waals surface area contributed by atoms with Crippen molar-refractivity contribution in [2.75, 3.05) is 7.05 Å². The van der Waals surface area contributed by atoms with E-state index in [1.807, 2.05) is 0 Å². The van der Waals surface area contributed by atoms with E-state index in [9.17, 15) is 9.90 Å². The molecule has 2 aliphatic carbocycles. The van der Waals surface area contributed by atoms with Crippen molar-refractivity contribution < 1.29 is 9.90 Å². The molecular weight excluding hydrogens is 178 g/mol. The Balaban J connectivity index is 2.35. The van der Waals surface area contributed by atoms with E-state index < -0.39 is 11.5 Å². The number of aliphatic hydroxyl groups is 1. The van der Waals surface area contributed by atoms with E-state index >= 15 is 0 Å². The molecule has 2 rings (SSSR count). The minimum atomic E-state index is -0.483. The Labute approximate surface area is 84.9 Å². The first kappa shape index (κ1) is 9.97. The van der Waals surface area contributed by atoms with E-state index in [1.54, 1.807) is 7.05 Å². The molecule has 1 amide bonds. The molecule has 0 aromatic carbocycles. The highest BCUT2D eigenvalue weighted by atomic mass is 16.3. The highest BCUT2D eigenvalue weighted by molar-refractivity contribution is 5.84. The number of amides is 1. The summed E-state index contributed by atoms with van der Waals surface area (Å²) in [6.45, 7) is 4.15. The summed E-state index contributed by atoms with van der Waals surface area (Å²) in [6, 6.07) is 0. The van der Waals surface area contributed by atoms with Crippen LogP contribution >= 0.6 is 0 Å². The van der Waals surface area contributed by atoms with Gasteiger partial charge < -0.3 is 10.4 Å². The number of aliphatic hydroxyl groups excluding tert-OH is 1. The largest absolute Gasteiger partial charge is 0.391 e. The number of carbonyl (C=O) groups is 1. The summed E-state index contributed by atoms with van der Waals surface area (Å²) < 4.78 is 0. The van der Waals surface area contributed by atoms with Gasteiger partial charge in [0.05, 0.1) is 11.5 Å². The Bertz CT molecular complexity index is 274. The Morgan fingerprint density at radius 1 is 1.50 bits per heavy atom. The van der Waals surface area contributed by atoms with Crippen LogP contribution in [0.15, 0.2) is 0 Å². The molecule has 0 heterocycles. The SMILES string of the molecule is CNC(=O)[C@@]12CC[C@H](C1)C(C)(C)[C@@H]2O. The monoisotopic (exact) mass is 197 g/mol. The summed E-state index contributed by atoms with van der Waals surface area (Å²) >= 11 is 0. The molecule has 0 spiro atoms. The fourth-order valence-electron chi connectivity index (χ4n) is 3.47. The molecule has 3 heteroatoms. The van der Waals surface area contributed by atoms with Crippen LogP contribution in [0, 0.1) is 16.7 Å². The van der Waals surface area contributed by atoms with E-state index in [1.165, 1.54) is 0 Å². The van der Waals surface area contributed by atoms with Gasteiger partial charge in [-0.3, -0.25) is 4.79 Å². The zero-order valence-electron chi connectivity index (χ0n) is 9.13. The molecule has 2 bridgehead atoms. The fraction of sp³-hybridized carbons (Fsp3) is 0.909. The number of fused-ring (bicyclic) bond motifs is 2. The lowest BCUT2D eigenvalue weighted by Crippen LogP contribution is -2.49. The third-order valence-corrected chi connectivity index (χ3v) is 4.51. The predicted molar refractivity (Wildman–Crippen MR) is 53.6 cm³/mol. The Kier molecular flexibility index (Phi) is 1.94. The van der Waals surface area contributed by atoms with Gasteiger partial charge in [0.1, 0.15) is 0 Å². The first-order valence-electron chi connectivity index (χ1n) is 5.35. The van der Waals surface area contributed by atoms with E-state index in [2.05, 4.69) is 19.2 Å². The molecule has 0 radical (unpaired) electrons. The van der Waals surface area contributed by atoms with Gasteiger partial charge in [-0.1, -0.05) is 13.8 Å². The first-order chi connectivity index (χ1) is 6.45. The summed E-state index contributed by atoms with van der Waals surface area (Å²) in [6.07, 6.45) is 2.31. The standard InChI is InChI=1S/C11H19NO2/c1-10(2)7-4-5-11(6-7,8(10)13)9(14)12-3/h7-8,13H,4-6H2,1-3H3,(H,12,14)/t7-,8+,11+/m1/s1. The van der Waals surface area contributed by atoms with Gasteiger partial charge in [0.15, 0.2) is 0 Å². The van der Waals surface area contributed by atoms with Gasteiger partial charge in [0.2, 0.25) is 5.91 Å². The van der Waals surface area contributed by atoms with Crippen LogP contribution in [0.25, 0.3) is 0 Å². The van der Waals surface area contributed by atoms with Crippen LogP contribution in [-0.2, 0) is 4.79 Å². The predicted octanol–water partition coefficient (Wildman–Crippen LogP) is 0.920. The molecule has 80 valence electrons. The normalized spacial score (nSPS) is 44.0. The fourth-order valence-corrected chi connectivity index (χ4v) is 3.47. The van der Waals surface area contributed by atoms with Crippen molar-refractivity contribution in [3.63, 3.8) is 0 Å². The topological polar surface area (TPSA) is 49.3 Å². The first-order valence-corrected chi connectivity index (χ1v) is 5.35. The third kappa shape index (κ3) is 0.937. The molecule has 2 saturated carbocycles. The number of carbonyl (C=O) groups excluding carboxylic acids is 1. The smallest absolute Gasteiger partial charge is 0.228 e. The molecule has 0 aromatic rings. The van der Waals surface area contributed by atoms with Gasteiger partial charge in [-0.25, -0.2) is 0 Å². The van der Waals surface area contributed by atoms with E-state index in [4.69, 9.17) is 0 Å². The van der Waals surface area contributed by atoms with E-state index in [0.29, 0.717) is 5.92 Å². The summed E-state index contributed by atoms with van der Waals surface area (Å²) in [5.41, 5.74) is -0.576. The average molecular weight is 197 g/mol. The molecule has 0 aliphatic heterocycles. The van der Waals surface area contributed by atoms with Crippen LogP contribution in [0.1, 0.15) is 33.1 Å².